The Balaban J connectivity index is 3.29. The number of urea groups is 1. The summed E-state index contributed by atoms with van der Waals surface area (Å²) < 4.78 is 84.9. The number of nitrogens with one attached hydrogen (secondary N) is 2. The molecule has 0 aliphatic heterocycles. The Morgan fingerprint density at radius 3 is 2.00 bits per heavy atom. The summed E-state index contributed by atoms with van der Waals surface area (Å²) in [5.74, 6) is -2.41. The summed E-state index contributed by atoms with van der Waals surface area (Å²) in [4.78, 5) is 11.7. The van der Waals surface area contributed by atoms with E-state index in [1.165, 1.54) is 18.2 Å². The van der Waals surface area contributed by atoms with Crippen molar-refractivity contribution in [1.29, 1.82) is 0 Å². The van der Waals surface area contributed by atoms with E-state index in [1.807, 2.05) is 0 Å². The number of ether oxygens (including phenoxy) is 2. The van der Waals surface area contributed by atoms with E-state index in [9.17, 15) is 31.1 Å². The van der Waals surface area contributed by atoms with Gasteiger partial charge >= 0.3 is 18.4 Å². The molecule has 2 amide bonds. The molecule has 154 valence electrons. The first-order valence-corrected chi connectivity index (χ1v) is 7.83. The van der Waals surface area contributed by atoms with Gasteiger partial charge in [-0.2, -0.15) is 26.3 Å². The van der Waals surface area contributed by atoms with E-state index in [4.69, 9.17) is 9.47 Å². The maximum absolute atomic E-state index is 12.6. The monoisotopic (exact) mass is 402 g/mol. The third kappa shape index (κ3) is 8.04. The predicted octanol–water partition coefficient (Wildman–Crippen LogP) is 4.47. The third-order valence-electron chi connectivity index (χ3n) is 3.27. The van der Waals surface area contributed by atoms with Gasteiger partial charge in [0.05, 0.1) is 5.69 Å². The van der Waals surface area contributed by atoms with E-state index in [1.54, 1.807) is 13.8 Å². The lowest BCUT2D eigenvalue weighted by Crippen LogP contribution is -2.38. The van der Waals surface area contributed by atoms with E-state index in [2.05, 4.69) is 10.6 Å². The van der Waals surface area contributed by atoms with Gasteiger partial charge in [-0.15, -0.1) is 0 Å². The Kier molecular flexibility index (Phi) is 7.49. The Bertz CT molecular complexity index is 628. The highest BCUT2D eigenvalue weighted by Crippen LogP contribution is 2.36. The molecule has 5 nitrogen and oxygen atoms in total. The van der Waals surface area contributed by atoms with Gasteiger partial charge in [0.1, 0.15) is 13.2 Å². The van der Waals surface area contributed by atoms with Crippen LogP contribution in [-0.4, -0.2) is 38.1 Å². The lowest BCUT2D eigenvalue weighted by molar-refractivity contribution is -0.310. The second kappa shape index (κ2) is 8.79. The molecule has 0 saturated heterocycles. The van der Waals surface area contributed by atoms with Gasteiger partial charge in [0.15, 0.2) is 5.79 Å². The fraction of sp³-hybridized carbons (Fsp3) is 0.562. The van der Waals surface area contributed by atoms with Gasteiger partial charge in [0, 0.05) is 12.1 Å². The summed E-state index contributed by atoms with van der Waals surface area (Å²) in [6, 6.07) is 3.47. The third-order valence-corrected chi connectivity index (χ3v) is 3.27. The van der Waals surface area contributed by atoms with Crippen LogP contribution in [0.25, 0.3) is 0 Å². The molecule has 2 N–H and O–H groups in total. The number of rotatable bonds is 7. The first kappa shape index (κ1) is 23.0. The smallest absolute Gasteiger partial charge is 0.338 e. The normalized spacial score (nSPS) is 12.8. The fourth-order valence-electron chi connectivity index (χ4n) is 2.11. The summed E-state index contributed by atoms with van der Waals surface area (Å²) in [5.41, 5.74) is 0.296. The Morgan fingerprint density at radius 1 is 1.04 bits per heavy atom. The summed E-state index contributed by atoms with van der Waals surface area (Å²) >= 11 is 0. The number of hydrogen-bond donors (Lipinski definition) is 2. The summed E-state index contributed by atoms with van der Waals surface area (Å²) in [7, 11) is 0. The zero-order chi connectivity index (χ0) is 20.9. The molecule has 1 aromatic rings. The number of anilines is 1. The van der Waals surface area contributed by atoms with Crippen LogP contribution in [0.4, 0.5) is 36.8 Å². The van der Waals surface area contributed by atoms with Gasteiger partial charge < -0.3 is 20.1 Å². The molecule has 0 aliphatic carbocycles. The molecule has 0 spiro atoms. The average Bonchev–Trinajstić information content (AvgIpc) is 2.52. The SMILES string of the molecule is CCNC(=O)Nc1ccc(C)cc1C(C)(OCC(F)(F)F)OCC(F)(F)F. The molecule has 0 aliphatic rings. The number of aryl methyl sites for hydroxylation is 1. The Labute approximate surface area is 152 Å². The topological polar surface area (TPSA) is 59.6 Å². The van der Waals surface area contributed by atoms with Crippen molar-refractivity contribution in [3.8, 4) is 0 Å². The van der Waals surface area contributed by atoms with Crippen molar-refractivity contribution in [2.24, 2.45) is 0 Å². The number of halogens is 6. The molecule has 0 unspecified atom stereocenters. The summed E-state index contributed by atoms with van der Waals surface area (Å²) in [6.45, 7) is 0.735. The van der Waals surface area contributed by atoms with E-state index >= 15 is 0 Å². The number of amides is 2. The molecule has 0 atom stereocenters. The molecule has 1 aromatic carbocycles. The van der Waals surface area contributed by atoms with Gasteiger partial charge in [-0.3, -0.25) is 0 Å². The lowest BCUT2D eigenvalue weighted by atomic mass is 10.0. The number of alkyl halides is 6. The second-order valence-electron chi connectivity index (χ2n) is 5.79. The van der Waals surface area contributed by atoms with E-state index < -0.39 is 37.4 Å². The highest BCUT2D eigenvalue weighted by molar-refractivity contribution is 5.90. The minimum absolute atomic E-state index is 0.0431. The van der Waals surface area contributed by atoms with E-state index in [0.717, 1.165) is 6.92 Å². The highest BCUT2D eigenvalue weighted by atomic mass is 19.4. The van der Waals surface area contributed by atoms with Crippen LogP contribution < -0.4 is 10.6 Å². The van der Waals surface area contributed by atoms with E-state index in [-0.39, 0.29) is 17.8 Å². The van der Waals surface area contributed by atoms with Crippen LogP contribution in [0.1, 0.15) is 25.0 Å². The van der Waals surface area contributed by atoms with Crippen molar-refractivity contribution < 1.29 is 40.6 Å². The van der Waals surface area contributed by atoms with Crippen molar-refractivity contribution in [3.05, 3.63) is 29.3 Å². The maximum atomic E-state index is 12.6. The van der Waals surface area contributed by atoms with Crippen molar-refractivity contribution in [3.63, 3.8) is 0 Å². The van der Waals surface area contributed by atoms with Crippen molar-refractivity contribution >= 4 is 11.7 Å². The summed E-state index contributed by atoms with van der Waals surface area (Å²) in [6.07, 6.45) is -9.58. The van der Waals surface area contributed by atoms with Crippen molar-refractivity contribution in [1.82, 2.24) is 5.32 Å². The molecule has 0 fully saturated rings. The van der Waals surface area contributed by atoms with Gasteiger partial charge in [0.2, 0.25) is 0 Å². The van der Waals surface area contributed by atoms with Crippen molar-refractivity contribution in [2.45, 2.75) is 38.9 Å². The van der Waals surface area contributed by atoms with Crippen LogP contribution in [0, 0.1) is 6.92 Å². The van der Waals surface area contributed by atoms with Crippen LogP contribution in [0.15, 0.2) is 18.2 Å². The number of hydrogen-bond acceptors (Lipinski definition) is 3. The van der Waals surface area contributed by atoms with Crippen LogP contribution in [-0.2, 0) is 15.3 Å². The standard InChI is InChI=1S/C16H20F6N2O3/c1-4-23-13(25)24-12-6-5-10(2)7-11(12)14(3,26-8-15(17,18)19)27-9-16(20,21)22/h5-7H,4,8-9H2,1-3H3,(H2,23,24,25). The van der Waals surface area contributed by atoms with Crippen molar-refractivity contribution in [2.75, 3.05) is 25.1 Å². The molecule has 1 rings (SSSR count). The molecular weight excluding hydrogens is 382 g/mol. The highest BCUT2D eigenvalue weighted by Gasteiger charge is 2.41. The number of carbonyl (C=O) groups is 1. The van der Waals surface area contributed by atoms with Gasteiger partial charge in [0.25, 0.3) is 0 Å². The molecule has 11 heteroatoms. The number of benzene rings is 1. The largest absolute Gasteiger partial charge is 0.411 e. The first-order chi connectivity index (χ1) is 12.3. The molecular formula is C16H20F6N2O3. The second-order valence-corrected chi connectivity index (χ2v) is 5.79. The zero-order valence-corrected chi connectivity index (χ0v) is 14.8. The minimum Gasteiger partial charge on any atom is -0.338 e. The minimum atomic E-state index is -4.79. The molecule has 0 bridgehead atoms. The van der Waals surface area contributed by atoms with Gasteiger partial charge in [-0.1, -0.05) is 11.6 Å². The quantitative estimate of drug-likeness (QED) is 0.523. The maximum Gasteiger partial charge on any atom is 0.411 e. The van der Waals surface area contributed by atoms with E-state index in [0.29, 0.717) is 5.56 Å². The number of carbonyl (C=O) groups excluding carboxylic acids is 1. The predicted molar refractivity (Wildman–Crippen MR) is 85.2 cm³/mol. The first-order valence-electron chi connectivity index (χ1n) is 7.83. The Morgan fingerprint density at radius 2 is 1.56 bits per heavy atom. The van der Waals surface area contributed by atoms with Gasteiger partial charge in [-0.05, 0) is 32.9 Å². The average molecular weight is 402 g/mol. The van der Waals surface area contributed by atoms with Crippen LogP contribution in [0.2, 0.25) is 0 Å². The molecule has 0 radical (unpaired) electrons. The van der Waals surface area contributed by atoms with Crippen LogP contribution >= 0.6 is 0 Å². The fourth-order valence-corrected chi connectivity index (χ4v) is 2.11. The van der Waals surface area contributed by atoms with Crippen LogP contribution in [0.5, 0.6) is 0 Å². The Hall–Kier alpha value is -2.01. The lowest BCUT2D eigenvalue weighted by Gasteiger charge is -2.33. The molecule has 27 heavy (non-hydrogen) atoms. The van der Waals surface area contributed by atoms with Crippen LogP contribution in [0.3, 0.4) is 0 Å². The zero-order valence-electron chi connectivity index (χ0n) is 14.8. The molecule has 0 heterocycles. The molecule has 0 aromatic heterocycles. The van der Waals surface area contributed by atoms with Gasteiger partial charge in [-0.25, -0.2) is 4.79 Å². The summed E-state index contributed by atoms with van der Waals surface area (Å²) in [5, 5.41) is 4.77. The molecule has 0 saturated carbocycles.